The maximum absolute atomic E-state index is 10.4. The Bertz CT molecular complexity index is 476. The fraction of sp³-hybridized carbons (Fsp3) is 0.538. The van der Waals surface area contributed by atoms with Gasteiger partial charge in [0.05, 0.1) is 11.8 Å². The number of aliphatic hydroxyl groups is 1. The van der Waals surface area contributed by atoms with E-state index in [0.29, 0.717) is 11.9 Å². The third kappa shape index (κ3) is 1.40. The Morgan fingerprint density at radius 3 is 2.82 bits per heavy atom. The van der Waals surface area contributed by atoms with E-state index in [1.165, 1.54) is 0 Å². The summed E-state index contributed by atoms with van der Waals surface area (Å²) in [5, 5.41) is 10.4. The lowest BCUT2D eigenvalue weighted by atomic mass is 9.66. The Morgan fingerprint density at radius 2 is 2.12 bits per heavy atom. The second kappa shape index (κ2) is 3.53. The van der Waals surface area contributed by atoms with Gasteiger partial charge < -0.3 is 10.8 Å². The summed E-state index contributed by atoms with van der Waals surface area (Å²) in [5.41, 5.74) is 7.55. The van der Waals surface area contributed by atoms with Crippen LogP contribution in [0.25, 0.3) is 0 Å². The molecule has 4 heteroatoms. The summed E-state index contributed by atoms with van der Waals surface area (Å²) < 4.78 is 0. The molecule has 3 rings (SSSR count). The van der Waals surface area contributed by atoms with Crippen molar-refractivity contribution in [1.82, 2.24) is 9.97 Å². The van der Waals surface area contributed by atoms with Gasteiger partial charge in [-0.1, -0.05) is 19.1 Å². The first-order valence-corrected chi connectivity index (χ1v) is 6.09. The molecule has 1 aromatic heterocycles. The van der Waals surface area contributed by atoms with Crippen molar-refractivity contribution in [2.75, 3.05) is 5.73 Å². The van der Waals surface area contributed by atoms with Crippen molar-refractivity contribution in [2.24, 2.45) is 0 Å². The molecule has 1 aromatic rings. The molecule has 0 fully saturated rings. The minimum absolute atomic E-state index is 0.251. The third-order valence-electron chi connectivity index (χ3n) is 4.18. The quantitative estimate of drug-likeness (QED) is 0.664. The van der Waals surface area contributed by atoms with Gasteiger partial charge in [-0.2, -0.15) is 0 Å². The lowest BCUT2D eigenvalue weighted by molar-refractivity contribution is 0.0591. The van der Waals surface area contributed by atoms with Crippen LogP contribution < -0.4 is 5.73 Å². The summed E-state index contributed by atoms with van der Waals surface area (Å²) in [4.78, 5) is 8.50. The highest BCUT2D eigenvalue weighted by Crippen LogP contribution is 2.48. The van der Waals surface area contributed by atoms with Gasteiger partial charge in [-0.3, -0.25) is 0 Å². The van der Waals surface area contributed by atoms with Crippen molar-refractivity contribution in [1.29, 1.82) is 0 Å². The number of allylic oxidation sites excluding steroid dienone is 2. The molecule has 0 radical (unpaired) electrons. The Balaban J connectivity index is 2.18. The van der Waals surface area contributed by atoms with Crippen molar-refractivity contribution < 1.29 is 5.11 Å². The lowest BCUT2D eigenvalue weighted by Crippen LogP contribution is -2.43. The predicted molar refractivity (Wildman–Crippen MR) is 65.5 cm³/mol. The fourth-order valence-electron chi connectivity index (χ4n) is 3.15. The molecule has 0 saturated carbocycles. The van der Waals surface area contributed by atoms with E-state index in [0.717, 1.165) is 30.5 Å². The Morgan fingerprint density at radius 1 is 1.41 bits per heavy atom. The van der Waals surface area contributed by atoms with Gasteiger partial charge >= 0.3 is 0 Å². The average molecular weight is 231 g/mol. The van der Waals surface area contributed by atoms with Gasteiger partial charge in [0.15, 0.2) is 0 Å². The molecule has 0 aromatic carbocycles. The van der Waals surface area contributed by atoms with Crippen LogP contribution in [-0.4, -0.2) is 21.2 Å². The van der Waals surface area contributed by atoms with E-state index >= 15 is 0 Å². The Labute approximate surface area is 101 Å². The monoisotopic (exact) mass is 231 g/mol. The Hall–Kier alpha value is -1.42. The molecular weight excluding hydrogens is 214 g/mol. The van der Waals surface area contributed by atoms with Crippen LogP contribution >= 0.6 is 0 Å². The van der Waals surface area contributed by atoms with E-state index in [-0.39, 0.29) is 11.5 Å². The molecule has 0 amide bonds. The van der Waals surface area contributed by atoms with Crippen molar-refractivity contribution in [2.45, 2.75) is 43.6 Å². The van der Waals surface area contributed by atoms with E-state index in [1.54, 1.807) is 0 Å². The highest BCUT2D eigenvalue weighted by Gasteiger charge is 2.47. The Kier molecular flexibility index (Phi) is 2.23. The molecule has 90 valence electrons. The first kappa shape index (κ1) is 10.7. The number of hydrogen-bond acceptors (Lipinski definition) is 4. The molecule has 2 unspecified atom stereocenters. The molecular formula is C13H17N3O. The summed E-state index contributed by atoms with van der Waals surface area (Å²) in [6.07, 6.45) is 8.22. The summed E-state index contributed by atoms with van der Waals surface area (Å²) in [7, 11) is 0. The van der Waals surface area contributed by atoms with Crippen molar-refractivity contribution >= 4 is 5.95 Å². The standard InChI is InChI=1S/C13H17N3O/c1-8-6-10(17)13(4-2-3-5-13)11-9(8)7-15-12(14)16-11/h2-3,7-8,10,17H,4-6H2,1H3,(H2,14,15,16). The van der Waals surface area contributed by atoms with E-state index in [2.05, 4.69) is 29.0 Å². The van der Waals surface area contributed by atoms with Crippen LogP contribution in [0.4, 0.5) is 5.95 Å². The molecule has 2 aliphatic rings. The van der Waals surface area contributed by atoms with Gasteiger partial charge in [0.25, 0.3) is 0 Å². The number of anilines is 1. The number of nitrogen functional groups attached to an aromatic ring is 1. The minimum Gasteiger partial charge on any atom is -0.392 e. The molecule has 0 saturated heterocycles. The molecule has 1 heterocycles. The summed E-state index contributed by atoms with van der Waals surface area (Å²) in [6, 6.07) is 0. The average Bonchev–Trinajstić information content (AvgIpc) is 2.77. The maximum atomic E-state index is 10.4. The number of fused-ring (bicyclic) bond motifs is 2. The SMILES string of the molecule is CC1CC(O)C2(CC=CC2)c2nc(N)ncc21. The van der Waals surface area contributed by atoms with Crippen molar-refractivity contribution in [3.05, 3.63) is 29.6 Å². The van der Waals surface area contributed by atoms with Crippen LogP contribution in [0.2, 0.25) is 0 Å². The van der Waals surface area contributed by atoms with Gasteiger partial charge in [-0.05, 0) is 30.7 Å². The van der Waals surface area contributed by atoms with Crippen LogP contribution in [0.3, 0.4) is 0 Å². The van der Waals surface area contributed by atoms with E-state index in [9.17, 15) is 5.11 Å². The van der Waals surface area contributed by atoms with E-state index < -0.39 is 0 Å². The highest BCUT2D eigenvalue weighted by atomic mass is 16.3. The van der Waals surface area contributed by atoms with Crippen LogP contribution in [0.15, 0.2) is 18.3 Å². The zero-order valence-electron chi connectivity index (χ0n) is 9.93. The molecule has 0 aliphatic heterocycles. The van der Waals surface area contributed by atoms with Crippen LogP contribution in [0.1, 0.15) is 43.4 Å². The second-order valence-corrected chi connectivity index (χ2v) is 5.22. The molecule has 1 spiro atoms. The zero-order valence-corrected chi connectivity index (χ0v) is 9.93. The number of hydrogen-bond donors (Lipinski definition) is 2. The topological polar surface area (TPSA) is 72.0 Å². The zero-order chi connectivity index (χ0) is 12.0. The second-order valence-electron chi connectivity index (χ2n) is 5.22. The van der Waals surface area contributed by atoms with Crippen LogP contribution in [0, 0.1) is 0 Å². The van der Waals surface area contributed by atoms with Crippen molar-refractivity contribution in [3.63, 3.8) is 0 Å². The number of rotatable bonds is 0. The predicted octanol–water partition coefficient (Wildman–Crippen LogP) is 1.51. The summed E-state index contributed by atoms with van der Waals surface area (Å²) in [6.45, 7) is 2.11. The molecule has 2 aliphatic carbocycles. The lowest BCUT2D eigenvalue weighted by Gasteiger charge is -2.41. The van der Waals surface area contributed by atoms with E-state index in [1.807, 2.05) is 6.20 Å². The summed E-state index contributed by atoms with van der Waals surface area (Å²) in [5.74, 6) is 0.600. The number of aromatic nitrogens is 2. The van der Waals surface area contributed by atoms with Crippen LogP contribution in [0.5, 0.6) is 0 Å². The van der Waals surface area contributed by atoms with Gasteiger partial charge in [0, 0.05) is 11.6 Å². The van der Waals surface area contributed by atoms with Crippen LogP contribution in [-0.2, 0) is 5.41 Å². The first-order chi connectivity index (χ1) is 8.13. The number of aliphatic hydroxyl groups excluding tert-OH is 1. The molecule has 4 nitrogen and oxygen atoms in total. The maximum Gasteiger partial charge on any atom is 0.220 e. The normalized spacial score (nSPS) is 29.5. The highest BCUT2D eigenvalue weighted by molar-refractivity contribution is 5.40. The number of nitrogens with zero attached hydrogens (tertiary/aromatic N) is 2. The van der Waals surface area contributed by atoms with Gasteiger partial charge in [0.2, 0.25) is 5.95 Å². The molecule has 3 N–H and O–H groups in total. The summed E-state index contributed by atoms with van der Waals surface area (Å²) >= 11 is 0. The molecule has 2 atom stereocenters. The first-order valence-electron chi connectivity index (χ1n) is 6.09. The smallest absolute Gasteiger partial charge is 0.220 e. The van der Waals surface area contributed by atoms with E-state index in [4.69, 9.17) is 5.73 Å². The molecule has 17 heavy (non-hydrogen) atoms. The van der Waals surface area contributed by atoms with Gasteiger partial charge in [-0.15, -0.1) is 0 Å². The third-order valence-corrected chi connectivity index (χ3v) is 4.18. The van der Waals surface area contributed by atoms with Gasteiger partial charge in [0.1, 0.15) is 0 Å². The van der Waals surface area contributed by atoms with Crippen molar-refractivity contribution in [3.8, 4) is 0 Å². The number of nitrogens with two attached hydrogens (primary N) is 1. The molecule has 0 bridgehead atoms. The van der Waals surface area contributed by atoms with Gasteiger partial charge in [-0.25, -0.2) is 9.97 Å². The fourth-order valence-corrected chi connectivity index (χ4v) is 3.15. The minimum atomic E-state index is -0.339. The largest absolute Gasteiger partial charge is 0.392 e.